The third-order valence-corrected chi connectivity index (χ3v) is 2.49. The van der Waals surface area contributed by atoms with Crippen molar-refractivity contribution >= 4 is 5.97 Å². The minimum Gasteiger partial charge on any atom is -0.504 e. The summed E-state index contributed by atoms with van der Waals surface area (Å²) in [6.45, 7) is 3.02. The number of phenols is 2. The fraction of sp³-hybridized carbons (Fsp3) is 0.417. The van der Waals surface area contributed by atoms with E-state index >= 15 is 0 Å². The van der Waals surface area contributed by atoms with Crippen molar-refractivity contribution < 1.29 is 24.9 Å². The lowest BCUT2D eigenvalue weighted by Gasteiger charge is -2.22. The first-order valence-corrected chi connectivity index (χ1v) is 5.46. The van der Waals surface area contributed by atoms with Crippen molar-refractivity contribution in [3.05, 3.63) is 17.7 Å². The van der Waals surface area contributed by atoms with E-state index in [-0.39, 0.29) is 11.5 Å². The van der Waals surface area contributed by atoms with E-state index in [0.717, 1.165) is 0 Å². The van der Waals surface area contributed by atoms with Gasteiger partial charge in [-0.05, 0) is 38.4 Å². The van der Waals surface area contributed by atoms with Gasteiger partial charge in [0.1, 0.15) is 0 Å². The number of hydrogen-bond donors (Lipinski definition) is 4. The molecule has 6 nitrogen and oxygen atoms in total. The summed E-state index contributed by atoms with van der Waals surface area (Å²) >= 11 is 0. The quantitative estimate of drug-likeness (QED) is 0.580. The Labute approximate surface area is 105 Å². The van der Waals surface area contributed by atoms with Crippen LogP contribution in [0.15, 0.2) is 12.1 Å². The molecule has 5 N–H and O–H groups in total. The topological polar surface area (TPSA) is 113 Å². The van der Waals surface area contributed by atoms with Crippen molar-refractivity contribution in [2.24, 2.45) is 5.73 Å². The van der Waals surface area contributed by atoms with Gasteiger partial charge in [0.15, 0.2) is 17.1 Å². The van der Waals surface area contributed by atoms with Crippen LogP contribution >= 0.6 is 0 Å². The van der Waals surface area contributed by atoms with Crippen LogP contribution in [-0.4, -0.2) is 33.4 Å². The molecule has 100 valence electrons. The highest BCUT2D eigenvalue weighted by atomic mass is 16.5. The predicted octanol–water partition coefficient (Wildman–Crippen LogP) is 0.841. The van der Waals surface area contributed by atoms with E-state index < -0.39 is 17.3 Å². The molecule has 0 aromatic heterocycles. The molecule has 0 aliphatic rings. The average Bonchev–Trinajstić information content (AvgIpc) is 2.28. The maximum Gasteiger partial charge on any atom is 0.347 e. The van der Waals surface area contributed by atoms with E-state index in [2.05, 4.69) is 0 Å². The van der Waals surface area contributed by atoms with Gasteiger partial charge in [-0.25, -0.2) is 4.79 Å². The van der Waals surface area contributed by atoms with E-state index in [4.69, 9.17) is 15.6 Å². The number of ether oxygens (including phenoxy) is 1. The molecule has 1 aromatic carbocycles. The molecule has 0 heterocycles. The van der Waals surface area contributed by atoms with Crippen LogP contribution in [0, 0.1) is 0 Å². The Morgan fingerprint density at radius 1 is 1.33 bits per heavy atom. The highest BCUT2D eigenvalue weighted by molar-refractivity contribution is 5.77. The van der Waals surface area contributed by atoms with Crippen LogP contribution < -0.4 is 10.5 Å². The normalized spacial score (nSPS) is 11.3. The number of hydrogen-bond acceptors (Lipinski definition) is 5. The minimum absolute atomic E-state index is 0.0827. The van der Waals surface area contributed by atoms with Crippen LogP contribution in [0.4, 0.5) is 0 Å². The summed E-state index contributed by atoms with van der Waals surface area (Å²) in [6.07, 6.45) is 0.405. The molecule has 6 heteroatoms. The van der Waals surface area contributed by atoms with Gasteiger partial charge >= 0.3 is 5.97 Å². The summed E-state index contributed by atoms with van der Waals surface area (Å²) < 4.78 is 5.17. The molecule has 0 saturated carbocycles. The fourth-order valence-electron chi connectivity index (χ4n) is 1.36. The highest BCUT2D eigenvalue weighted by Gasteiger charge is 2.31. The Morgan fingerprint density at radius 2 is 1.94 bits per heavy atom. The Morgan fingerprint density at radius 3 is 2.44 bits per heavy atom. The van der Waals surface area contributed by atoms with Crippen LogP contribution in [-0.2, 0) is 11.2 Å². The van der Waals surface area contributed by atoms with Crippen molar-refractivity contribution in [3.8, 4) is 17.2 Å². The number of benzene rings is 1. The molecule has 0 bridgehead atoms. The molecule has 0 aliphatic heterocycles. The zero-order chi connectivity index (χ0) is 13.9. The van der Waals surface area contributed by atoms with E-state index in [0.29, 0.717) is 18.5 Å². The van der Waals surface area contributed by atoms with E-state index in [1.54, 1.807) is 0 Å². The van der Waals surface area contributed by atoms with E-state index in [9.17, 15) is 15.0 Å². The van der Waals surface area contributed by atoms with Gasteiger partial charge in [-0.15, -0.1) is 0 Å². The highest BCUT2D eigenvalue weighted by Crippen LogP contribution is 2.39. The van der Waals surface area contributed by atoms with Crippen LogP contribution in [0.2, 0.25) is 0 Å². The Hall–Kier alpha value is -1.95. The smallest absolute Gasteiger partial charge is 0.347 e. The fourth-order valence-corrected chi connectivity index (χ4v) is 1.36. The van der Waals surface area contributed by atoms with Gasteiger partial charge in [-0.3, -0.25) is 0 Å². The minimum atomic E-state index is -1.50. The molecule has 1 rings (SSSR count). The number of carbonyl (C=O) groups is 1. The number of rotatable bonds is 5. The van der Waals surface area contributed by atoms with Crippen molar-refractivity contribution in [1.82, 2.24) is 0 Å². The van der Waals surface area contributed by atoms with Crippen molar-refractivity contribution in [2.75, 3.05) is 6.54 Å². The molecule has 0 amide bonds. The molecule has 1 aromatic rings. The summed E-state index contributed by atoms with van der Waals surface area (Å²) in [5.41, 5.74) is 4.34. The van der Waals surface area contributed by atoms with Gasteiger partial charge < -0.3 is 25.8 Å². The third kappa shape index (κ3) is 2.84. The summed E-state index contributed by atoms with van der Waals surface area (Å²) in [5.74, 6) is -2.07. The second kappa shape index (κ2) is 5.14. The molecule has 0 spiro atoms. The van der Waals surface area contributed by atoms with Crippen LogP contribution in [0.1, 0.15) is 19.4 Å². The molecule has 0 radical (unpaired) electrons. The standard InChI is InChI=1S/C12H17NO5/c1-12(2,11(16)17)18-8-4-3-7(5-6-13)9(14)10(8)15/h3-4,14-15H,5-6,13H2,1-2H3,(H,16,17). The largest absolute Gasteiger partial charge is 0.504 e. The molecule has 0 fully saturated rings. The second-order valence-electron chi connectivity index (χ2n) is 4.38. The summed E-state index contributed by atoms with van der Waals surface area (Å²) in [4.78, 5) is 10.9. The van der Waals surface area contributed by atoms with Gasteiger partial charge in [0.25, 0.3) is 0 Å². The number of nitrogens with two attached hydrogens (primary N) is 1. The first kappa shape index (κ1) is 14.1. The van der Waals surface area contributed by atoms with Crippen molar-refractivity contribution in [3.63, 3.8) is 0 Å². The second-order valence-corrected chi connectivity index (χ2v) is 4.38. The zero-order valence-electron chi connectivity index (χ0n) is 10.3. The molecular formula is C12H17NO5. The van der Waals surface area contributed by atoms with E-state index in [1.165, 1.54) is 26.0 Å². The van der Waals surface area contributed by atoms with Crippen LogP contribution in [0.5, 0.6) is 17.2 Å². The Bertz CT molecular complexity index is 456. The monoisotopic (exact) mass is 255 g/mol. The molecule has 0 aliphatic carbocycles. The van der Waals surface area contributed by atoms with Gasteiger partial charge in [-0.2, -0.15) is 0 Å². The number of carboxylic acid groups (broad SMARTS) is 1. The van der Waals surface area contributed by atoms with Crippen LogP contribution in [0.3, 0.4) is 0 Å². The maximum atomic E-state index is 10.9. The molecule has 0 unspecified atom stereocenters. The summed E-state index contributed by atoms with van der Waals surface area (Å²) in [7, 11) is 0. The van der Waals surface area contributed by atoms with Gasteiger partial charge in [0, 0.05) is 0 Å². The summed E-state index contributed by atoms with van der Waals surface area (Å²) in [6, 6.07) is 2.94. The van der Waals surface area contributed by atoms with Crippen LogP contribution in [0.25, 0.3) is 0 Å². The lowest BCUT2D eigenvalue weighted by molar-refractivity contribution is -0.152. The molecular weight excluding hydrogens is 238 g/mol. The van der Waals surface area contributed by atoms with E-state index in [1.807, 2.05) is 0 Å². The van der Waals surface area contributed by atoms with Gasteiger partial charge in [-0.1, -0.05) is 6.07 Å². The first-order valence-electron chi connectivity index (χ1n) is 5.46. The molecule has 0 atom stereocenters. The van der Waals surface area contributed by atoms with Crippen molar-refractivity contribution in [2.45, 2.75) is 25.9 Å². The Kier molecular flexibility index (Phi) is 4.03. The van der Waals surface area contributed by atoms with Gasteiger partial charge in [0.05, 0.1) is 0 Å². The van der Waals surface area contributed by atoms with Gasteiger partial charge in [0.2, 0.25) is 5.75 Å². The SMILES string of the molecule is CC(C)(Oc1ccc(CCN)c(O)c1O)C(=O)O. The zero-order valence-corrected chi connectivity index (χ0v) is 10.3. The average molecular weight is 255 g/mol. The lowest BCUT2D eigenvalue weighted by Crippen LogP contribution is -2.37. The Balaban J connectivity index is 3.06. The first-order chi connectivity index (χ1) is 8.29. The number of aromatic hydroxyl groups is 2. The third-order valence-electron chi connectivity index (χ3n) is 2.49. The summed E-state index contributed by atoms with van der Waals surface area (Å²) in [5, 5.41) is 28.4. The maximum absolute atomic E-state index is 10.9. The predicted molar refractivity (Wildman–Crippen MR) is 64.9 cm³/mol. The van der Waals surface area contributed by atoms with Crippen molar-refractivity contribution in [1.29, 1.82) is 0 Å². The number of carboxylic acids is 1. The number of phenolic OH excluding ortho intramolecular Hbond substituents is 2. The number of aliphatic carboxylic acids is 1. The molecule has 18 heavy (non-hydrogen) atoms. The molecule has 0 saturated heterocycles. The lowest BCUT2D eigenvalue weighted by atomic mass is 10.1.